The summed E-state index contributed by atoms with van der Waals surface area (Å²) in [6, 6.07) is 0. The number of hydrogen-bond donors (Lipinski definition) is 0. The molecule has 0 saturated carbocycles. The highest BCUT2D eigenvalue weighted by molar-refractivity contribution is 14.1. The van der Waals surface area contributed by atoms with Crippen molar-refractivity contribution in [1.82, 2.24) is 0 Å². The van der Waals surface area contributed by atoms with E-state index in [4.69, 9.17) is 0 Å². The Morgan fingerprint density at radius 1 is 1.75 bits per heavy atom. The quantitative estimate of drug-likeness (QED) is 0.672. The maximum atomic E-state index is 10.3. The highest BCUT2D eigenvalue weighted by atomic mass is 127. The molecule has 0 rings (SSSR count). The number of carbonyl (C=O) groups is 1. The minimum absolute atomic E-state index is 0.263. The van der Waals surface area contributed by atoms with E-state index in [2.05, 4.69) is 22.6 Å². The molecule has 0 amide bonds. The summed E-state index contributed by atoms with van der Waals surface area (Å²) in [5.74, 6) is 0.263. The van der Waals surface area contributed by atoms with Crippen LogP contribution in [0.15, 0.2) is 10.2 Å². The van der Waals surface area contributed by atoms with Crippen molar-refractivity contribution in [3.05, 3.63) is 10.2 Å². The van der Waals surface area contributed by atoms with Crippen LogP contribution in [0.5, 0.6) is 0 Å². The van der Waals surface area contributed by atoms with Gasteiger partial charge in [0.15, 0.2) is 0 Å². The SMILES string of the molecule is CC(=O)CC/C=C\I. The molecule has 0 aliphatic rings. The first-order valence-corrected chi connectivity index (χ1v) is 3.76. The van der Waals surface area contributed by atoms with Gasteiger partial charge < -0.3 is 4.79 Å². The standard InChI is InChI=1S/C6H9IO/c1-6(8)4-2-3-5-7/h3,5H,2,4H2,1H3/b5-3-. The number of allylic oxidation sites excluding steroid dienone is 1. The van der Waals surface area contributed by atoms with Crippen molar-refractivity contribution in [2.75, 3.05) is 0 Å². The van der Waals surface area contributed by atoms with E-state index in [0.29, 0.717) is 6.42 Å². The van der Waals surface area contributed by atoms with E-state index in [1.54, 1.807) is 6.92 Å². The van der Waals surface area contributed by atoms with Crippen LogP contribution in [0, 0.1) is 0 Å². The zero-order chi connectivity index (χ0) is 6.41. The second kappa shape index (κ2) is 5.28. The smallest absolute Gasteiger partial charge is 0.130 e. The zero-order valence-corrected chi connectivity index (χ0v) is 7.01. The van der Waals surface area contributed by atoms with Crippen LogP contribution in [0.3, 0.4) is 0 Å². The first-order valence-electron chi connectivity index (χ1n) is 2.52. The van der Waals surface area contributed by atoms with Gasteiger partial charge in [0.1, 0.15) is 5.78 Å². The molecular formula is C6H9IO. The van der Waals surface area contributed by atoms with Crippen LogP contribution in [-0.4, -0.2) is 5.78 Å². The third-order valence-electron chi connectivity index (χ3n) is 0.752. The normalized spacial score (nSPS) is 10.2. The van der Waals surface area contributed by atoms with Gasteiger partial charge in [-0.25, -0.2) is 0 Å². The Labute approximate surface area is 63.3 Å². The summed E-state index contributed by atoms with van der Waals surface area (Å²) in [5.41, 5.74) is 0. The molecule has 0 bridgehead atoms. The number of rotatable bonds is 3. The third kappa shape index (κ3) is 6.14. The van der Waals surface area contributed by atoms with Gasteiger partial charge in [-0.1, -0.05) is 28.7 Å². The molecule has 0 aromatic carbocycles. The molecule has 0 atom stereocenters. The lowest BCUT2D eigenvalue weighted by molar-refractivity contribution is -0.116. The molecule has 0 aromatic heterocycles. The average molecular weight is 224 g/mol. The molecule has 8 heavy (non-hydrogen) atoms. The molecule has 0 heterocycles. The highest BCUT2D eigenvalue weighted by Gasteiger charge is 1.86. The van der Waals surface area contributed by atoms with Crippen molar-refractivity contribution in [1.29, 1.82) is 0 Å². The number of Topliss-reactive ketones (excluding diaryl/α,β-unsaturated/α-hetero) is 1. The van der Waals surface area contributed by atoms with E-state index in [1.807, 2.05) is 10.2 Å². The van der Waals surface area contributed by atoms with Gasteiger partial charge in [0.2, 0.25) is 0 Å². The summed E-state index contributed by atoms with van der Waals surface area (Å²) in [4.78, 5) is 10.3. The largest absolute Gasteiger partial charge is 0.300 e. The van der Waals surface area contributed by atoms with E-state index in [0.717, 1.165) is 6.42 Å². The van der Waals surface area contributed by atoms with Crippen LogP contribution in [0.4, 0.5) is 0 Å². The van der Waals surface area contributed by atoms with E-state index < -0.39 is 0 Å². The van der Waals surface area contributed by atoms with Gasteiger partial charge in [-0.3, -0.25) is 0 Å². The lowest BCUT2D eigenvalue weighted by atomic mass is 10.2. The number of carbonyl (C=O) groups excluding carboxylic acids is 1. The fraction of sp³-hybridized carbons (Fsp3) is 0.500. The molecule has 0 aliphatic carbocycles. The molecule has 46 valence electrons. The Balaban J connectivity index is 3.05. The van der Waals surface area contributed by atoms with Crippen molar-refractivity contribution in [2.24, 2.45) is 0 Å². The molecule has 2 heteroatoms. The Morgan fingerprint density at radius 3 is 2.75 bits per heavy atom. The van der Waals surface area contributed by atoms with Crippen molar-refractivity contribution in [3.8, 4) is 0 Å². The third-order valence-corrected chi connectivity index (χ3v) is 1.26. The fourth-order valence-corrected chi connectivity index (χ4v) is 0.709. The van der Waals surface area contributed by atoms with Crippen LogP contribution < -0.4 is 0 Å². The van der Waals surface area contributed by atoms with Crippen LogP contribution in [0.25, 0.3) is 0 Å². The molecule has 0 saturated heterocycles. The molecule has 0 unspecified atom stereocenters. The van der Waals surface area contributed by atoms with Crippen LogP contribution in [-0.2, 0) is 4.79 Å². The van der Waals surface area contributed by atoms with Gasteiger partial charge in [-0.2, -0.15) is 0 Å². The van der Waals surface area contributed by atoms with Crippen LogP contribution >= 0.6 is 22.6 Å². The summed E-state index contributed by atoms with van der Waals surface area (Å²) in [6.45, 7) is 1.61. The Hall–Kier alpha value is 0.140. The van der Waals surface area contributed by atoms with E-state index >= 15 is 0 Å². The van der Waals surface area contributed by atoms with Crippen molar-refractivity contribution >= 4 is 28.4 Å². The van der Waals surface area contributed by atoms with Crippen molar-refractivity contribution in [2.45, 2.75) is 19.8 Å². The number of ketones is 1. The Kier molecular flexibility index (Phi) is 5.37. The summed E-state index contributed by atoms with van der Waals surface area (Å²) in [5, 5.41) is 0. The monoisotopic (exact) mass is 224 g/mol. The van der Waals surface area contributed by atoms with Gasteiger partial charge in [0.25, 0.3) is 0 Å². The predicted octanol–water partition coefficient (Wildman–Crippen LogP) is 2.30. The van der Waals surface area contributed by atoms with E-state index in [-0.39, 0.29) is 5.78 Å². The highest BCUT2D eigenvalue weighted by Crippen LogP contribution is 1.93. The molecule has 0 spiro atoms. The maximum absolute atomic E-state index is 10.3. The lowest BCUT2D eigenvalue weighted by Crippen LogP contribution is -1.85. The second-order valence-electron chi connectivity index (χ2n) is 1.60. The summed E-state index contributed by atoms with van der Waals surface area (Å²) >= 11 is 2.14. The maximum Gasteiger partial charge on any atom is 0.130 e. The summed E-state index contributed by atoms with van der Waals surface area (Å²) in [6.07, 6.45) is 3.56. The number of hydrogen-bond acceptors (Lipinski definition) is 1. The average Bonchev–Trinajstić information content (AvgIpc) is 1.66. The van der Waals surface area contributed by atoms with Crippen molar-refractivity contribution < 1.29 is 4.79 Å². The van der Waals surface area contributed by atoms with Gasteiger partial charge in [-0.15, -0.1) is 0 Å². The summed E-state index contributed by atoms with van der Waals surface area (Å²) in [7, 11) is 0. The van der Waals surface area contributed by atoms with Gasteiger partial charge in [0, 0.05) is 6.42 Å². The molecule has 1 nitrogen and oxygen atoms in total. The second-order valence-corrected chi connectivity index (χ2v) is 2.32. The van der Waals surface area contributed by atoms with Gasteiger partial charge in [-0.05, 0) is 17.4 Å². The molecular weight excluding hydrogens is 215 g/mol. The predicted molar refractivity (Wildman–Crippen MR) is 43.1 cm³/mol. The fourth-order valence-electron chi connectivity index (χ4n) is 0.350. The minimum Gasteiger partial charge on any atom is -0.300 e. The van der Waals surface area contributed by atoms with Crippen LogP contribution in [0.1, 0.15) is 19.8 Å². The molecule has 0 aliphatic heterocycles. The van der Waals surface area contributed by atoms with Gasteiger partial charge >= 0.3 is 0 Å². The first-order chi connectivity index (χ1) is 3.77. The topological polar surface area (TPSA) is 17.1 Å². The van der Waals surface area contributed by atoms with E-state index in [1.165, 1.54) is 0 Å². The minimum atomic E-state index is 0.263. The zero-order valence-electron chi connectivity index (χ0n) is 4.86. The van der Waals surface area contributed by atoms with Crippen molar-refractivity contribution in [3.63, 3.8) is 0 Å². The molecule has 0 radical (unpaired) electrons. The summed E-state index contributed by atoms with van der Waals surface area (Å²) < 4.78 is 1.93. The Bertz CT molecular complexity index is 96.7. The number of halogens is 1. The Morgan fingerprint density at radius 2 is 2.38 bits per heavy atom. The van der Waals surface area contributed by atoms with Crippen LogP contribution in [0.2, 0.25) is 0 Å². The van der Waals surface area contributed by atoms with Gasteiger partial charge in [0.05, 0.1) is 0 Å². The molecule has 0 aromatic rings. The van der Waals surface area contributed by atoms with E-state index in [9.17, 15) is 4.79 Å². The lowest BCUT2D eigenvalue weighted by Gasteiger charge is -1.84. The molecule has 0 N–H and O–H groups in total. The molecule has 0 fully saturated rings. The first kappa shape index (κ1) is 8.14.